The van der Waals surface area contributed by atoms with Gasteiger partial charge in [-0.1, -0.05) is 17.7 Å². The number of ether oxygens (including phenoxy) is 1. The van der Waals surface area contributed by atoms with E-state index in [9.17, 15) is 4.79 Å². The van der Waals surface area contributed by atoms with Gasteiger partial charge in [-0.05, 0) is 26.0 Å². The molecule has 1 aromatic carbocycles. The summed E-state index contributed by atoms with van der Waals surface area (Å²) in [5.41, 5.74) is 8.01. The minimum absolute atomic E-state index is 0.0614. The Bertz CT molecular complexity index is 416. The number of aryl methyl sites for hydroxylation is 1. The predicted octanol–water partition coefficient (Wildman–Crippen LogP) is 1.32. The molecule has 1 amide bonds. The molecule has 1 heterocycles. The first kappa shape index (κ1) is 13.1. The molecule has 98 valence electrons. The third-order valence-corrected chi connectivity index (χ3v) is 3.37. The maximum absolute atomic E-state index is 12.4. The van der Waals surface area contributed by atoms with Gasteiger partial charge in [0.2, 0.25) is 5.91 Å². The van der Waals surface area contributed by atoms with E-state index >= 15 is 0 Å². The number of nitrogens with zero attached hydrogens (tertiary/aromatic N) is 1. The van der Waals surface area contributed by atoms with Gasteiger partial charge in [0.05, 0.1) is 19.1 Å². The van der Waals surface area contributed by atoms with E-state index < -0.39 is 0 Å². The highest BCUT2D eigenvalue weighted by molar-refractivity contribution is 5.95. The van der Waals surface area contributed by atoms with Crippen LogP contribution in [0.5, 0.6) is 0 Å². The van der Waals surface area contributed by atoms with Crippen molar-refractivity contribution in [2.24, 2.45) is 11.7 Å². The van der Waals surface area contributed by atoms with Crippen molar-refractivity contribution in [1.82, 2.24) is 0 Å². The van der Waals surface area contributed by atoms with Crippen LogP contribution in [0.4, 0.5) is 5.69 Å². The molecule has 2 rings (SSSR count). The molecule has 1 fully saturated rings. The number of benzene rings is 1. The van der Waals surface area contributed by atoms with Gasteiger partial charge in [-0.2, -0.15) is 0 Å². The number of amides is 1. The van der Waals surface area contributed by atoms with Crippen LogP contribution >= 0.6 is 0 Å². The van der Waals surface area contributed by atoms with Crippen molar-refractivity contribution >= 4 is 11.6 Å². The quantitative estimate of drug-likeness (QED) is 0.877. The Morgan fingerprint density at radius 2 is 2.06 bits per heavy atom. The maximum atomic E-state index is 12.4. The van der Waals surface area contributed by atoms with Crippen LogP contribution in [0.2, 0.25) is 0 Å². The monoisotopic (exact) mass is 248 g/mol. The molecule has 2 unspecified atom stereocenters. The van der Waals surface area contributed by atoms with Crippen molar-refractivity contribution in [3.63, 3.8) is 0 Å². The number of hydrogen-bond donors (Lipinski definition) is 1. The number of rotatable bonds is 3. The van der Waals surface area contributed by atoms with Gasteiger partial charge >= 0.3 is 0 Å². The highest BCUT2D eigenvalue weighted by Gasteiger charge is 2.34. The molecule has 0 radical (unpaired) electrons. The van der Waals surface area contributed by atoms with E-state index in [1.807, 2.05) is 38.1 Å². The van der Waals surface area contributed by atoms with Crippen molar-refractivity contribution in [2.45, 2.75) is 19.9 Å². The number of nitrogens with two attached hydrogens (primary N) is 1. The van der Waals surface area contributed by atoms with E-state index in [0.717, 1.165) is 5.69 Å². The minimum atomic E-state index is -0.216. The molecule has 0 saturated carbocycles. The van der Waals surface area contributed by atoms with Crippen LogP contribution in [0.25, 0.3) is 0 Å². The van der Waals surface area contributed by atoms with Crippen LogP contribution in [0.15, 0.2) is 24.3 Å². The standard InChI is InChI=1S/C14H20N2O2/c1-3-16(11-6-4-10(2)5-7-11)14(17)12-8-18-9-13(12)15/h4-7,12-13H,3,8-9,15H2,1-2H3. The summed E-state index contributed by atoms with van der Waals surface area (Å²) in [6.45, 7) is 5.55. The lowest BCUT2D eigenvalue weighted by atomic mass is 10.0. The highest BCUT2D eigenvalue weighted by atomic mass is 16.5. The lowest BCUT2D eigenvalue weighted by Crippen LogP contribution is -2.43. The SMILES string of the molecule is CCN(C(=O)C1COCC1N)c1ccc(C)cc1. The third kappa shape index (κ3) is 2.54. The molecule has 0 aliphatic carbocycles. The smallest absolute Gasteiger partial charge is 0.234 e. The maximum Gasteiger partial charge on any atom is 0.234 e. The van der Waals surface area contributed by atoms with Crippen LogP contribution in [0, 0.1) is 12.8 Å². The van der Waals surface area contributed by atoms with Crippen LogP contribution in [-0.2, 0) is 9.53 Å². The Hall–Kier alpha value is -1.39. The first-order valence-electron chi connectivity index (χ1n) is 6.35. The second kappa shape index (κ2) is 5.50. The van der Waals surface area contributed by atoms with Crippen LogP contribution in [-0.4, -0.2) is 31.7 Å². The molecule has 1 saturated heterocycles. The largest absolute Gasteiger partial charge is 0.379 e. The molecule has 18 heavy (non-hydrogen) atoms. The number of carbonyl (C=O) groups excluding carboxylic acids is 1. The highest BCUT2D eigenvalue weighted by Crippen LogP contribution is 2.21. The fourth-order valence-electron chi connectivity index (χ4n) is 2.22. The van der Waals surface area contributed by atoms with Gasteiger partial charge in [0.1, 0.15) is 0 Å². The summed E-state index contributed by atoms with van der Waals surface area (Å²) in [5, 5.41) is 0. The van der Waals surface area contributed by atoms with Crippen LogP contribution in [0.1, 0.15) is 12.5 Å². The van der Waals surface area contributed by atoms with E-state index in [1.165, 1.54) is 5.56 Å². The molecule has 2 N–H and O–H groups in total. The van der Waals surface area contributed by atoms with Crippen LogP contribution < -0.4 is 10.6 Å². The third-order valence-electron chi connectivity index (χ3n) is 3.37. The Morgan fingerprint density at radius 1 is 1.39 bits per heavy atom. The summed E-state index contributed by atoms with van der Waals surface area (Å²) >= 11 is 0. The first-order chi connectivity index (χ1) is 8.63. The van der Waals surface area contributed by atoms with Crippen molar-refractivity contribution < 1.29 is 9.53 Å². The van der Waals surface area contributed by atoms with Crippen molar-refractivity contribution in [3.05, 3.63) is 29.8 Å². The molecule has 1 aromatic rings. The first-order valence-corrected chi connectivity index (χ1v) is 6.35. The fourth-order valence-corrected chi connectivity index (χ4v) is 2.22. The van der Waals surface area contributed by atoms with E-state index in [4.69, 9.17) is 10.5 Å². The van der Waals surface area contributed by atoms with Crippen molar-refractivity contribution in [1.29, 1.82) is 0 Å². The van der Waals surface area contributed by atoms with E-state index in [0.29, 0.717) is 19.8 Å². The normalized spacial score (nSPS) is 23.1. The molecule has 4 nitrogen and oxygen atoms in total. The van der Waals surface area contributed by atoms with Crippen molar-refractivity contribution in [2.75, 3.05) is 24.7 Å². The molecule has 0 spiro atoms. The molecular formula is C14H20N2O2. The second-order valence-electron chi connectivity index (χ2n) is 4.73. The molecule has 4 heteroatoms. The Morgan fingerprint density at radius 3 is 2.56 bits per heavy atom. The zero-order valence-corrected chi connectivity index (χ0v) is 10.9. The molecule has 2 atom stereocenters. The summed E-state index contributed by atoms with van der Waals surface area (Å²) < 4.78 is 5.27. The summed E-state index contributed by atoms with van der Waals surface area (Å²) in [4.78, 5) is 14.2. The zero-order valence-electron chi connectivity index (χ0n) is 10.9. The minimum Gasteiger partial charge on any atom is -0.379 e. The second-order valence-corrected chi connectivity index (χ2v) is 4.73. The predicted molar refractivity (Wildman–Crippen MR) is 71.5 cm³/mol. The lowest BCUT2D eigenvalue weighted by molar-refractivity contribution is -0.122. The lowest BCUT2D eigenvalue weighted by Gasteiger charge is -2.25. The fraction of sp³-hybridized carbons (Fsp3) is 0.500. The summed E-state index contributed by atoms with van der Waals surface area (Å²) in [5.74, 6) is -0.155. The number of carbonyl (C=O) groups is 1. The van der Waals surface area contributed by atoms with Crippen molar-refractivity contribution in [3.8, 4) is 0 Å². The van der Waals surface area contributed by atoms with Gasteiger partial charge in [0.15, 0.2) is 0 Å². The van der Waals surface area contributed by atoms with Gasteiger partial charge < -0.3 is 15.4 Å². The Balaban J connectivity index is 2.17. The average molecular weight is 248 g/mol. The van der Waals surface area contributed by atoms with E-state index in [1.54, 1.807) is 4.90 Å². The van der Waals surface area contributed by atoms with Gasteiger partial charge in [-0.3, -0.25) is 4.79 Å². The molecule has 0 aromatic heterocycles. The van der Waals surface area contributed by atoms with Gasteiger partial charge in [0, 0.05) is 18.3 Å². The Labute approximate surface area is 108 Å². The van der Waals surface area contributed by atoms with Gasteiger partial charge in [-0.15, -0.1) is 0 Å². The topological polar surface area (TPSA) is 55.6 Å². The summed E-state index contributed by atoms with van der Waals surface area (Å²) in [7, 11) is 0. The average Bonchev–Trinajstić information content (AvgIpc) is 2.78. The van der Waals surface area contributed by atoms with Gasteiger partial charge in [-0.25, -0.2) is 0 Å². The zero-order chi connectivity index (χ0) is 13.1. The molecule has 1 aliphatic heterocycles. The molecule has 0 bridgehead atoms. The molecular weight excluding hydrogens is 228 g/mol. The number of hydrogen-bond acceptors (Lipinski definition) is 3. The summed E-state index contributed by atoms with van der Waals surface area (Å²) in [6.07, 6.45) is 0. The molecule has 1 aliphatic rings. The van der Waals surface area contributed by atoms with E-state index in [-0.39, 0.29) is 17.9 Å². The number of anilines is 1. The van der Waals surface area contributed by atoms with Crippen LogP contribution in [0.3, 0.4) is 0 Å². The van der Waals surface area contributed by atoms with E-state index in [2.05, 4.69) is 0 Å². The summed E-state index contributed by atoms with van der Waals surface area (Å²) in [6, 6.07) is 7.78. The van der Waals surface area contributed by atoms with Gasteiger partial charge in [0.25, 0.3) is 0 Å². The Kier molecular flexibility index (Phi) is 3.99.